The van der Waals surface area contributed by atoms with E-state index in [-0.39, 0.29) is 0 Å². The van der Waals surface area contributed by atoms with E-state index in [1.54, 1.807) is 0 Å². The first-order valence-corrected chi connectivity index (χ1v) is 18.9. The first kappa shape index (κ1) is 31.9. The normalized spacial score (nSPS) is 11.6. The maximum absolute atomic E-state index is 5.21. The molecule has 4 heterocycles. The summed E-state index contributed by atoms with van der Waals surface area (Å²) in [5, 5.41) is 9.80. The zero-order valence-corrected chi connectivity index (χ0v) is 30.3. The third-order valence-corrected chi connectivity index (χ3v) is 10.8. The number of nitrogens with zero attached hydrogens (tertiary/aromatic N) is 5. The fraction of sp³-hybridized carbons (Fsp3) is 0. The number of para-hydroxylation sites is 2. The Morgan fingerprint density at radius 1 is 0.393 bits per heavy atom. The summed E-state index contributed by atoms with van der Waals surface area (Å²) in [6.45, 7) is 0. The lowest BCUT2D eigenvalue weighted by Gasteiger charge is -2.18. The Labute approximate surface area is 323 Å². The van der Waals surface area contributed by atoms with E-state index >= 15 is 0 Å². The highest BCUT2D eigenvalue weighted by molar-refractivity contribution is 6.13. The van der Waals surface area contributed by atoms with E-state index in [1.165, 1.54) is 16.2 Å². The molecule has 5 heteroatoms. The topological polar surface area (TPSA) is 48.0 Å². The van der Waals surface area contributed by atoms with E-state index in [0.29, 0.717) is 5.82 Å². The Balaban J connectivity index is 1.12. The SMILES string of the molecule is c1ccc(-c2nc(-c3ccc(-c4c(-c5ccccc5)n5ncc(-c6ccccc6)c5c5ccccc45)cc3)cc(-n3c4ccccc4c4ccccc43)n2)cc1. The van der Waals surface area contributed by atoms with Gasteiger partial charge in [0, 0.05) is 50.0 Å². The molecule has 4 aromatic heterocycles. The van der Waals surface area contributed by atoms with Crippen LogP contribution in [-0.2, 0) is 0 Å². The summed E-state index contributed by atoms with van der Waals surface area (Å²) in [4.78, 5) is 10.4. The predicted molar refractivity (Wildman–Crippen MR) is 230 cm³/mol. The van der Waals surface area contributed by atoms with Crippen LogP contribution in [0.2, 0.25) is 0 Å². The van der Waals surface area contributed by atoms with Gasteiger partial charge in [-0.3, -0.25) is 4.57 Å². The van der Waals surface area contributed by atoms with Crippen molar-refractivity contribution >= 4 is 38.1 Å². The summed E-state index contributed by atoms with van der Waals surface area (Å²) in [6, 6.07) is 68.1. The van der Waals surface area contributed by atoms with Gasteiger partial charge in [-0.25, -0.2) is 14.5 Å². The Bertz CT molecular complexity index is 3170. The minimum Gasteiger partial charge on any atom is -0.294 e. The van der Waals surface area contributed by atoms with Crippen LogP contribution in [0.25, 0.3) is 100 Å². The van der Waals surface area contributed by atoms with Gasteiger partial charge < -0.3 is 0 Å². The van der Waals surface area contributed by atoms with Crippen molar-refractivity contribution in [2.45, 2.75) is 0 Å². The molecule has 0 spiro atoms. The second kappa shape index (κ2) is 13.0. The monoisotopic (exact) mass is 715 g/mol. The van der Waals surface area contributed by atoms with Crippen LogP contribution in [0.15, 0.2) is 200 Å². The van der Waals surface area contributed by atoms with Gasteiger partial charge in [0.25, 0.3) is 0 Å². The molecule has 0 atom stereocenters. The van der Waals surface area contributed by atoms with Gasteiger partial charge in [0.05, 0.1) is 34.1 Å². The van der Waals surface area contributed by atoms with E-state index in [2.05, 4.69) is 185 Å². The smallest absolute Gasteiger partial charge is 0.162 e. The van der Waals surface area contributed by atoms with Crippen molar-refractivity contribution in [2.75, 3.05) is 0 Å². The predicted octanol–water partition coefficient (Wildman–Crippen LogP) is 12.7. The second-order valence-electron chi connectivity index (χ2n) is 14.1. The average Bonchev–Trinajstić information content (AvgIpc) is 3.87. The third-order valence-electron chi connectivity index (χ3n) is 10.8. The van der Waals surface area contributed by atoms with Crippen molar-refractivity contribution in [1.82, 2.24) is 24.1 Å². The maximum Gasteiger partial charge on any atom is 0.162 e. The summed E-state index contributed by atoms with van der Waals surface area (Å²) in [7, 11) is 0. The summed E-state index contributed by atoms with van der Waals surface area (Å²) in [5.74, 6) is 1.51. The molecule has 0 fully saturated rings. The standard InChI is InChI=1S/C51H33N5/c1-4-16-34(17-5-1)43-33-52-56-49(37-18-6-2-7-19-37)48(41-24-10-11-25-42(41)50(43)56)36-30-28-35(29-31-36)44-32-47(54-51(53-44)38-20-8-3-9-21-38)55-45-26-14-12-22-39(45)40-23-13-15-27-46(40)55/h1-33H. The van der Waals surface area contributed by atoms with E-state index in [0.717, 1.165) is 78.1 Å². The Hall–Kier alpha value is -7.63. The Kier molecular flexibility index (Phi) is 7.42. The van der Waals surface area contributed by atoms with Gasteiger partial charge in [0.2, 0.25) is 0 Å². The van der Waals surface area contributed by atoms with Crippen LogP contribution in [0.1, 0.15) is 0 Å². The highest BCUT2D eigenvalue weighted by Crippen LogP contribution is 2.43. The molecule has 0 aliphatic heterocycles. The van der Waals surface area contributed by atoms with Crippen LogP contribution in [0.3, 0.4) is 0 Å². The molecule has 7 aromatic carbocycles. The molecule has 0 aliphatic carbocycles. The van der Waals surface area contributed by atoms with Crippen molar-refractivity contribution in [3.63, 3.8) is 0 Å². The molecule has 11 rings (SSSR count). The Morgan fingerprint density at radius 2 is 0.911 bits per heavy atom. The molecule has 11 aromatic rings. The summed E-state index contributed by atoms with van der Waals surface area (Å²) >= 11 is 0. The molecule has 0 bridgehead atoms. The zero-order chi connectivity index (χ0) is 37.0. The van der Waals surface area contributed by atoms with Crippen molar-refractivity contribution < 1.29 is 0 Å². The van der Waals surface area contributed by atoms with Crippen LogP contribution in [0, 0.1) is 0 Å². The number of benzene rings is 7. The highest BCUT2D eigenvalue weighted by atomic mass is 15.2. The number of pyridine rings is 1. The number of hydrogen-bond donors (Lipinski definition) is 0. The van der Waals surface area contributed by atoms with Crippen LogP contribution < -0.4 is 0 Å². The first-order chi connectivity index (χ1) is 27.8. The van der Waals surface area contributed by atoms with Gasteiger partial charge in [-0.15, -0.1) is 0 Å². The summed E-state index contributed by atoms with van der Waals surface area (Å²) in [6.07, 6.45) is 2.00. The lowest BCUT2D eigenvalue weighted by Crippen LogP contribution is -2.02. The van der Waals surface area contributed by atoms with E-state index in [4.69, 9.17) is 15.1 Å². The van der Waals surface area contributed by atoms with Gasteiger partial charge in [-0.05, 0) is 28.6 Å². The minimum absolute atomic E-state index is 0.680. The molecular weight excluding hydrogens is 683 g/mol. The largest absolute Gasteiger partial charge is 0.294 e. The maximum atomic E-state index is 5.21. The molecule has 262 valence electrons. The summed E-state index contributed by atoms with van der Waals surface area (Å²) < 4.78 is 4.40. The fourth-order valence-electron chi connectivity index (χ4n) is 8.29. The highest BCUT2D eigenvalue weighted by Gasteiger charge is 2.22. The first-order valence-electron chi connectivity index (χ1n) is 18.9. The van der Waals surface area contributed by atoms with E-state index in [9.17, 15) is 0 Å². The van der Waals surface area contributed by atoms with Gasteiger partial charge in [-0.1, -0.05) is 176 Å². The average molecular weight is 716 g/mol. The Morgan fingerprint density at radius 3 is 1.55 bits per heavy atom. The quantitative estimate of drug-likeness (QED) is 0.172. The van der Waals surface area contributed by atoms with E-state index in [1.807, 2.05) is 24.4 Å². The number of hydrogen-bond acceptors (Lipinski definition) is 3. The second-order valence-corrected chi connectivity index (χ2v) is 14.1. The lowest BCUT2D eigenvalue weighted by molar-refractivity contribution is 0.976. The molecule has 0 unspecified atom stereocenters. The van der Waals surface area contributed by atoms with Crippen LogP contribution >= 0.6 is 0 Å². The molecule has 0 aliphatic rings. The van der Waals surface area contributed by atoms with Gasteiger partial charge >= 0.3 is 0 Å². The molecular formula is C51H33N5. The number of fused-ring (bicyclic) bond motifs is 6. The third kappa shape index (κ3) is 5.13. The zero-order valence-electron chi connectivity index (χ0n) is 30.3. The number of rotatable bonds is 6. The molecule has 0 radical (unpaired) electrons. The number of aromatic nitrogens is 5. The molecule has 0 amide bonds. The van der Waals surface area contributed by atoms with Crippen LogP contribution in [-0.4, -0.2) is 24.1 Å². The molecule has 56 heavy (non-hydrogen) atoms. The van der Waals surface area contributed by atoms with E-state index < -0.39 is 0 Å². The van der Waals surface area contributed by atoms with Gasteiger partial charge in [-0.2, -0.15) is 5.10 Å². The van der Waals surface area contributed by atoms with Crippen molar-refractivity contribution in [1.29, 1.82) is 0 Å². The molecule has 0 saturated heterocycles. The fourth-order valence-corrected chi connectivity index (χ4v) is 8.29. The summed E-state index contributed by atoms with van der Waals surface area (Å²) in [5.41, 5.74) is 12.8. The van der Waals surface area contributed by atoms with Crippen LogP contribution in [0.4, 0.5) is 0 Å². The van der Waals surface area contributed by atoms with Crippen molar-refractivity contribution in [2.24, 2.45) is 0 Å². The lowest BCUT2D eigenvalue weighted by atomic mass is 9.91. The van der Waals surface area contributed by atoms with Gasteiger partial charge in [0.15, 0.2) is 5.82 Å². The molecule has 0 N–H and O–H groups in total. The van der Waals surface area contributed by atoms with Crippen molar-refractivity contribution in [3.8, 4) is 62.0 Å². The molecule has 5 nitrogen and oxygen atoms in total. The van der Waals surface area contributed by atoms with Crippen LogP contribution in [0.5, 0.6) is 0 Å². The van der Waals surface area contributed by atoms with Gasteiger partial charge in [0.1, 0.15) is 5.82 Å². The van der Waals surface area contributed by atoms with Crippen molar-refractivity contribution in [3.05, 3.63) is 200 Å². The molecule has 0 saturated carbocycles. The minimum atomic E-state index is 0.680.